The number of amides is 1. The van der Waals surface area contributed by atoms with E-state index in [1.807, 2.05) is 0 Å². The summed E-state index contributed by atoms with van der Waals surface area (Å²) in [5, 5.41) is 15.8. The minimum absolute atomic E-state index is 0.0618. The van der Waals surface area contributed by atoms with Gasteiger partial charge in [0.05, 0.1) is 16.4 Å². The third-order valence-electron chi connectivity index (χ3n) is 3.51. The van der Waals surface area contributed by atoms with Gasteiger partial charge in [0.25, 0.3) is 5.91 Å². The van der Waals surface area contributed by atoms with Crippen molar-refractivity contribution in [2.45, 2.75) is 6.92 Å². The number of hydrogen-bond acceptors (Lipinski definition) is 4. The first-order valence-corrected chi connectivity index (χ1v) is 7.41. The first-order chi connectivity index (χ1) is 11.1. The van der Waals surface area contributed by atoms with Crippen LogP contribution in [0.25, 0.3) is 0 Å². The van der Waals surface area contributed by atoms with E-state index in [1.165, 1.54) is 11.2 Å². The highest BCUT2D eigenvalue weighted by molar-refractivity contribution is 6.34. The highest BCUT2D eigenvalue weighted by Gasteiger charge is 2.34. The number of para-hydroxylation sites is 3. The van der Waals surface area contributed by atoms with E-state index in [-0.39, 0.29) is 11.7 Å². The molecule has 6 heteroatoms. The summed E-state index contributed by atoms with van der Waals surface area (Å²) in [7, 11) is 0. The minimum atomic E-state index is -0.578. The van der Waals surface area contributed by atoms with Crippen LogP contribution in [0.15, 0.2) is 58.6 Å². The molecule has 0 spiro atoms. The molecule has 1 amide bonds. The molecule has 1 aliphatic heterocycles. The quantitative estimate of drug-likeness (QED) is 0.872. The van der Waals surface area contributed by atoms with Crippen LogP contribution in [0, 0.1) is 5.92 Å². The lowest BCUT2D eigenvalue weighted by Crippen LogP contribution is -2.28. The molecule has 1 heterocycles. The lowest BCUT2D eigenvalue weighted by atomic mass is 10.1. The highest BCUT2D eigenvalue weighted by Crippen LogP contribution is 2.30. The van der Waals surface area contributed by atoms with Crippen LogP contribution in [-0.2, 0) is 4.79 Å². The van der Waals surface area contributed by atoms with Gasteiger partial charge in [0.2, 0.25) is 0 Å². The zero-order chi connectivity index (χ0) is 16.4. The van der Waals surface area contributed by atoms with Crippen LogP contribution >= 0.6 is 11.6 Å². The van der Waals surface area contributed by atoms with E-state index in [0.29, 0.717) is 22.1 Å². The minimum Gasteiger partial charge on any atom is -0.506 e. The second kappa shape index (κ2) is 6.22. The predicted octanol–water partition coefficient (Wildman–Crippen LogP) is 3.79. The summed E-state index contributed by atoms with van der Waals surface area (Å²) >= 11 is 6.13. The van der Waals surface area contributed by atoms with E-state index in [0.717, 1.165) is 0 Å². The standard InChI is InChI=1S/C17H14ClN3O2/c1-11-12(10-19-14-7-3-5-9-16(14)22)17(23)21(20-11)15-8-4-2-6-13(15)18/h2-10,12,22H,1H3. The van der Waals surface area contributed by atoms with Crippen molar-refractivity contribution in [3.05, 3.63) is 53.6 Å². The summed E-state index contributed by atoms with van der Waals surface area (Å²) in [6.07, 6.45) is 1.49. The molecule has 1 unspecified atom stereocenters. The summed E-state index contributed by atoms with van der Waals surface area (Å²) in [6.45, 7) is 1.76. The van der Waals surface area contributed by atoms with Gasteiger partial charge in [0.1, 0.15) is 17.4 Å². The Labute approximate surface area is 138 Å². The van der Waals surface area contributed by atoms with Crippen molar-refractivity contribution in [2.75, 3.05) is 5.01 Å². The van der Waals surface area contributed by atoms with Crippen LogP contribution in [0.5, 0.6) is 5.75 Å². The van der Waals surface area contributed by atoms with E-state index >= 15 is 0 Å². The molecule has 3 rings (SSSR count). The summed E-state index contributed by atoms with van der Waals surface area (Å²) in [6, 6.07) is 13.7. The van der Waals surface area contributed by atoms with Crippen LogP contribution in [0.2, 0.25) is 5.02 Å². The second-order valence-corrected chi connectivity index (χ2v) is 5.49. The van der Waals surface area contributed by atoms with Gasteiger partial charge < -0.3 is 5.11 Å². The molecule has 0 aliphatic carbocycles. The van der Waals surface area contributed by atoms with Gasteiger partial charge >= 0.3 is 0 Å². The van der Waals surface area contributed by atoms with Crippen LogP contribution < -0.4 is 5.01 Å². The zero-order valence-electron chi connectivity index (χ0n) is 12.3. The SMILES string of the molecule is CC1=NN(c2ccccc2Cl)C(=O)C1C=Nc1ccccc1O. The number of phenolic OH excluding ortho intramolecular Hbond substituents is 1. The number of hydrazone groups is 1. The number of aromatic hydroxyl groups is 1. The van der Waals surface area contributed by atoms with Crippen molar-refractivity contribution in [1.29, 1.82) is 0 Å². The number of nitrogens with zero attached hydrogens (tertiary/aromatic N) is 3. The van der Waals surface area contributed by atoms with Crippen LogP contribution in [0.3, 0.4) is 0 Å². The molecular formula is C17H14ClN3O2. The number of rotatable bonds is 3. The van der Waals surface area contributed by atoms with Gasteiger partial charge in [-0.2, -0.15) is 10.1 Å². The molecule has 2 aromatic rings. The molecule has 0 saturated heterocycles. The fourth-order valence-electron chi connectivity index (χ4n) is 2.28. The van der Waals surface area contributed by atoms with Gasteiger partial charge in [-0.25, -0.2) is 0 Å². The van der Waals surface area contributed by atoms with Crippen LogP contribution in [0.1, 0.15) is 6.92 Å². The number of benzene rings is 2. The Morgan fingerprint density at radius 1 is 1.22 bits per heavy atom. The summed E-state index contributed by atoms with van der Waals surface area (Å²) in [5.41, 5.74) is 1.57. The van der Waals surface area contributed by atoms with Crippen molar-refractivity contribution in [3.8, 4) is 5.75 Å². The zero-order valence-corrected chi connectivity index (χ0v) is 13.1. The maximum Gasteiger partial charge on any atom is 0.261 e. The molecule has 1 aliphatic rings. The topological polar surface area (TPSA) is 65.3 Å². The van der Waals surface area contributed by atoms with Crippen molar-refractivity contribution in [1.82, 2.24) is 0 Å². The third kappa shape index (κ3) is 2.96. The number of carbonyl (C=O) groups is 1. The monoisotopic (exact) mass is 327 g/mol. The summed E-state index contributed by atoms with van der Waals surface area (Å²) in [4.78, 5) is 16.8. The average Bonchev–Trinajstić information content (AvgIpc) is 2.82. The van der Waals surface area contributed by atoms with Crippen LogP contribution in [0.4, 0.5) is 11.4 Å². The number of hydrogen-bond donors (Lipinski definition) is 1. The fraction of sp³-hybridized carbons (Fsp3) is 0.118. The molecule has 0 radical (unpaired) electrons. The number of phenols is 1. The maximum atomic E-state index is 12.6. The molecule has 1 N–H and O–H groups in total. The Bertz CT molecular complexity index is 817. The van der Waals surface area contributed by atoms with Gasteiger partial charge in [0.15, 0.2) is 0 Å². The second-order valence-electron chi connectivity index (χ2n) is 5.09. The Balaban J connectivity index is 1.86. The van der Waals surface area contributed by atoms with Gasteiger partial charge in [-0.1, -0.05) is 35.9 Å². The molecule has 0 aromatic heterocycles. The smallest absolute Gasteiger partial charge is 0.261 e. The maximum absolute atomic E-state index is 12.6. The van der Waals surface area contributed by atoms with Gasteiger partial charge in [-0.3, -0.25) is 9.79 Å². The third-order valence-corrected chi connectivity index (χ3v) is 3.83. The van der Waals surface area contributed by atoms with Crippen molar-refractivity contribution in [3.63, 3.8) is 0 Å². The Morgan fingerprint density at radius 3 is 2.65 bits per heavy atom. The first-order valence-electron chi connectivity index (χ1n) is 7.03. The fourth-order valence-corrected chi connectivity index (χ4v) is 2.49. The Hall–Kier alpha value is -2.66. The molecule has 5 nitrogen and oxygen atoms in total. The van der Waals surface area contributed by atoms with E-state index in [9.17, 15) is 9.90 Å². The molecule has 116 valence electrons. The van der Waals surface area contributed by atoms with Gasteiger partial charge in [0, 0.05) is 6.21 Å². The summed E-state index contributed by atoms with van der Waals surface area (Å²) < 4.78 is 0. The van der Waals surface area contributed by atoms with Crippen molar-refractivity contribution in [2.24, 2.45) is 16.0 Å². The van der Waals surface area contributed by atoms with Crippen molar-refractivity contribution >= 4 is 40.8 Å². The largest absolute Gasteiger partial charge is 0.506 e. The highest BCUT2D eigenvalue weighted by atomic mass is 35.5. The van der Waals surface area contributed by atoms with E-state index in [2.05, 4.69) is 10.1 Å². The lowest BCUT2D eigenvalue weighted by molar-refractivity contribution is -0.118. The van der Waals surface area contributed by atoms with E-state index < -0.39 is 5.92 Å². The lowest BCUT2D eigenvalue weighted by Gasteiger charge is -2.14. The Kier molecular flexibility index (Phi) is 4.12. The van der Waals surface area contributed by atoms with E-state index in [4.69, 9.17) is 11.6 Å². The molecular weight excluding hydrogens is 314 g/mol. The predicted molar refractivity (Wildman–Crippen MR) is 91.8 cm³/mol. The molecule has 1 atom stereocenters. The number of halogens is 1. The first kappa shape index (κ1) is 15.2. The normalized spacial score (nSPS) is 17.8. The summed E-state index contributed by atoms with van der Waals surface area (Å²) in [5.74, 6) is -0.743. The molecule has 2 aromatic carbocycles. The molecule has 23 heavy (non-hydrogen) atoms. The van der Waals surface area contributed by atoms with Gasteiger partial charge in [-0.05, 0) is 31.2 Å². The van der Waals surface area contributed by atoms with Gasteiger partial charge in [-0.15, -0.1) is 0 Å². The number of aliphatic imine (C=N–C) groups is 1. The number of anilines is 1. The van der Waals surface area contributed by atoms with Crippen molar-refractivity contribution < 1.29 is 9.90 Å². The Morgan fingerprint density at radius 2 is 1.91 bits per heavy atom. The molecule has 0 fully saturated rings. The van der Waals surface area contributed by atoms with Crippen LogP contribution in [-0.4, -0.2) is 22.9 Å². The molecule has 0 bridgehead atoms. The number of carbonyl (C=O) groups excluding carboxylic acids is 1. The molecule has 0 saturated carbocycles. The average molecular weight is 328 g/mol. The van der Waals surface area contributed by atoms with E-state index in [1.54, 1.807) is 55.5 Å².